The molecule has 1 aromatic carbocycles. The number of amides is 3. The van der Waals surface area contributed by atoms with Crippen LogP contribution in [0.25, 0.3) is 0 Å². The minimum Gasteiger partial charge on any atom is -0.353 e. The van der Waals surface area contributed by atoms with Gasteiger partial charge in [0.15, 0.2) is 0 Å². The van der Waals surface area contributed by atoms with Gasteiger partial charge < -0.3 is 5.32 Å². The summed E-state index contributed by atoms with van der Waals surface area (Å²) in [6.07, 6.45) is 3.34. The summed E-state index contributed by atoms with van der Waals surface area (Å²) in [6.45, 7) is 2.28. The lowest BCUT2D eigenvalue weighted by Crippen LogP contribution is -2.47. The maximum Gasteiger partial charge on any atom is 0.237 e. The van der Waals surface area contributed by atoms with Crippen LogP contribution in [0.2, 0.25) is 0 Å². The third-order valence-electron chi connectivity index (χ3n) is 4.91. The van der Waals surface area contributed by atoms with E-state index in [2.05, 4.69) is 22.3 Å². The molecule has 0 radical (unpaired) electrons. The molecule has 25 heavy (non-hydrogen) atoms. The van der Waals surface area contributed by atoms with Crippen LogP contribution in [-0.4, -0.2) is 53.2 Å². The highest BCUT2D eigenvalue weighted by Gasteiger charge is 2.31. The van der Waals surface area contributed by atoms with E-state index in [1.807, 2.05) is 18.2 Å². The zero-order valence-corrected chi connectivity index (χ0v) is 14.4. The summed E-state index contributed by atoms with van der Waals surface area (Å²) in [4.78, 5) is 39.5. The first kappa shape index (κ1) is 17.6. The zero-order chi connectivity index (χ0) is 17.6. The topological polar surface area (TPSA) is 69.7 Å². The number of imide groups is 1. The van der Waals surface area contributed by atoms with E-state index in [4.69, 9.17) is 0 Å². The molecule has 2 aliphatic heterocycles. The molecule has 1 atom stereocenters. The fraction of sp³-hybridized carbons (Fsp3) is 0.526. The van der Waals surface area contributed by atoms with Gasteiger partial charge >= 0.3 is 0 Å². The summed E-state index contributed by atoms with van der Waals surface area (Å²) in [5.41, 5.74) is 1.20. The standard InChI is InChI=1S/C19H25N3O3/c23-17-9-4-10-18(24)22(17)13-11-20-19(25)16-8-5-12-21(16)14-15-6-2-1-3-7-15/h1-3,6-7,16H,4-5,8-14H2,(H,20,25). The number of rotatable bonds is 6. The molecule has 2 heterocycles. The quantitative estimate of drug-likeness (QED) is 0.791. The van der Waals surface area contributed by atoms with Crippen LogP contribution in [0.4, 0.5) is 0 Å². The fourth-order valence-corrected chi connectivity index (χ4v) is 3.59. The van der Waals surface area contributed by atoms with Crippen LogP contribution in [-0.2, 0) is 20.9 Å². The normalized spacial score (nSPS) is 21.6. The third kappa shape index (κ3) is 4.45. The van der Waals surface area contributed by atoms with Gasteiger partial charge in [-0.3, -0.25) is 24.2 Å². The van der Waals surface area contributed by atoms with Crippen molar-refractivity contribution in [1.82, 2.24) is 15.1 Å². The van der Waals surface area contributed by atoms with Crippen molar-refractivity contribution in [2.24, 2.45) is 0 Å². The molecule has 0 bridgehead atoms. The number of hydrogen-bond acceptors (Lipinski definition) is 4. The molecule has 1 N–H and O–H groups in total. The van der Waals surface area contributed by atoms with Crippen LogP contribution in [0.1, 0.15) is 37.7 Å². The van der Waals surface area contributed by atoms with Crippen LogP contribution in [0.3, 0.4) is 0 Å². The Hall–Kier alpha value is -2.21. The fourth-order valence-electron chi connectivity index (χ4n) is 3.59. The van der Waals surface area contributed by atoms with Gasteiger partial charge in [0.05, 0.1) is 6.04 Å². The van der Waals surface area contributed by atoms with Gasteiger partial charge in [-0.05, 0) is 31.4 Å². The van der Waals surface area contributed by atoms with E-state index in [1.165, 1.54) is 10.5 Å². The number of carbonyl (C=O) groups is 3. The molecule has 1 unspecified atom stereocenters. The summed E-state index contributed by atoms with van der Waals surface area (Å²) in [5.74, 6) is -0.264. The molecule has 6 nitrogen and oxygen atoms in total. The number of nitrogens with zero attached hydrogens (tertiary/aromatic N) is 2. The molecular formula is C19H25N3O3. The van der Waals surface area contributed by atoms with E-state index in [1.54, 1.807) is 0 Å². The van der Waals surface area contributed by atoms with E-state index in [0.29, 0.717) is 25.8 Å². The van der Waals surface area contributed by atoms with Crippen LogP contribution in [0.15, 0.2) is 30.3 Å². The molecule has 1 aromatic rings. The van der Waals surface area contributed by atoms with Crippen LogP contribution < -0.4 is 5.32 Å². The van der Waals surface area contributed by atoms with Gasteiger partial charge in [-0.25, -0.2) is 0 Å². The Balaban J connectivity index is 1.48. The number of nitrogens with one attached hydrogen (secondary N) is 1. The summed E-state index contributed by atoms with van der Waals surface area (Å²) in [6, 6.07) is 10.0. The lowest BCUT2D eigenvalue weighted by Gasteiger charge is -2.26. The second-order valence-electron chi connectivity index (χ2n) is 6.70. The summed E-state index contributed by atoms with van der Waals surface area (Å²) in [7, 11) is 0. The van der Waals surface area contributed by atoms with Gasteiger partial charge in [0.2, 0.25) is 17.7 Å². The van der Waals surface area contributed by atoms with Gasteiger partial charge in [0.25, 0.3) is 0 Å². The number of likely N-dealkylation sites (tertiary alicyclic amines) is 2. The van der Waals surface area contributed by atoms with E-state index in [-0.39, 0.29) is 30.3 Å². The van der Waals surface area contributed by atoms with Gasteiger partial charge in [-0.1, -0.05) is 30.3 Å². The zero-order valence-electron chi connectivity index (χ0n) is 14.4. The minimum atomic E-state index is -0.132. The summed E-state index contributed by atoms with van der Waals surface area (Å²) >= 11 is 0. The van der Waals surface area contributed by atoms with Crippen molar-refractivity contribution in [2.75, 3.05) is 19.6 Å². The largest absolute Gasteiger partial charge is 0.353 e. The highest BCUT2D eigenvalue weighted by atomic mass is 16.2. The minimum absolute atomic E-state index is 0.00895. The Morgan fingerprint density at radius 1 is 1.08 bits per heavy atom. The Kier molecular flexibility index (Phi) is 5.81. The second kappa shape index (κ2) is 8.25. The van der Waals surface area contributed by atoms with E-state index in [0.717, 1.165) is 25.9 Å². The molecule has 0 saturated carbocycles. The number of piperidine rings is 1. The average molecular weight is 343 g/mol. The van der Waals surface area contributed by atoms with Crippen molar-refractivity contribution in [3.8, 4) is 0 Å². The summed E-state index contributed by atoms with van der Waals surface area (Å²) in [5, 5.41) is 2.90. The van der Waals surface area contributed by atoms with E-state index >= 15 is 0 Å². The second-order valence-corrected chi connectivity index (χ2v) is 6.70. The SMILES string of the molecule is O=C(NCCN1C(=O)CCCC1=O)C1CCCN1Cc1ccccc1. The first-order valence-corrected chi connectivity index (χ1v) is 9.04. The van der Waals surface area contributed by atoms with Crippen LogP contribution in [0.5, 0.6) is 0 Å². The molecule has 2 aliphatic rings. The Morgan fingerprint density at radius 3 is 2.52 bits per heavy atom. The smallest absolute Gasteiger partial charge is 0.237 e. The first-order chi connectivity index (χ1) is 12.1. The molecule has 0 spiro atoms. The predicted molar refractivity (Wildman–Crippen MR) is 93.5 cm³/mol. The molecule has 0 aliphatic carbocycles. The maximum atomic E-state index is 12.5. The highest BCUT2D eigenvalue weighted by molar-refractivity contribution is 5.97. The lowest BCUT2D eigenvalue weighted by atomic mass is 10.1. The van der Waals surface area contributed by atoms with Crippen molar-refractivity contribution in [1.29, 1.82) is 0 Å². The molecule has 6 heteroatoms. The molecule has 2 fully saturated rings. The molecule has 3 amide bonds. The number of carbonyl (C=O) groups excluding carboxylic acids is 3. The number of benzene rings is 1. The molecule has 3 rings (SSSR count). The van der Waals surface area contributed by atoms with Crippen LogP contribution in [0, 0.1) is 0 Å². The highest BCUT2D eigenvalue weighted by Crippen LogP contribution is 2.20. The van der Waals surface area contributed by atoms with Crippen LogP contribution >= 0.6 is 0 Å². The molecular weight excluding hydrogens is 318 g/mol. The molecule has 134 valence electrons. The van der Waals surface area contributed by atoms with Crippen molar-refractivity contribution in [2.45, 2.75) is 44.7 Å². The van der Waals surface area contributed by atoms with E-state index in [9.17, 15) is 14.4 Å². The van der Waals surface area contributed by atoms with Crippen molar-refractivity contribution in [3.63, 3.8) is 0 Å². The van der Waals surface area contributed by atoms with Gasteiger partial charge in [-0.15, -0.1) is 0 Å². The Bertz CT molecular complexity index is 616. The monoisotopic (exact) mass is 343 g/mol. The average Bonchev–Trinajstić information content (AvgIpc) is 3.06. The van der Waals surface area contributed by atoms with E-state index < -0.39 is 0 Å². The number of hydrogen-bond donors (Lipinski definition) is 1. The van der Waals surface area contributed by atoms with Gasteiger partial charge in [0, 0.05) is 32.5 Å². The first-order valence-electron chi connectivity index (χ1n) is 9.04. The van der Waals surface area contributed by atoms with Crippen molar-refractivity contribution in [3.05, 3.63) is 35.9 Å². The van der Waals surface area contributed by atoms with Crippen molar-refractivity contribution >= 4 is 17.7 Å². The molecule has 2 saturated heterocycles. The Morgan fingerprint density at radius 2 is 1.80 bits per heavy atom. The van der Waals surface area contributed by atoms with Crippen molar-refractivity contribution < 1.29 is 14.4 Å². The molecule has 0 aromatic heterocycles. The third-order valence-corrected chi connectivity index (χ3v) is 4.91. The van der Waals surface area contributed by atoms with Gasteiger partial charge in [0.1, 0.15) is 0 Å². The van der Waals surface area contributed by atoms with Gasteiger partial charge in [-0.2, -0.15) is 0 Å². The lowest BCUT2D eigenvalue weighted by molar-refractivity contribution is -0.148. The maximum absolute atomic E-state index is 12.5. The summed E-state index contributed by atoms with van der Waals surface area (Å²) < 4.78 is 0. The predicted octanol–water partition coefficient (Wildman–Crippen LogP) is 1.31. The Labute approximate surface area is 148 Å².